The van der Waals surface area contributed by atoms with Crippen LogP contribution in [0.25, 0.3) is 0 Å². The minimum absolute atomic E-state index is 0.0839. The Hall–Kier alpha value is -4.09. The number of likely N-dealkylation sites (N-methyl/N-ethyl adjacent to an activating group) is 1. The molecule has 7 nitrogen and oxygen atoms in total. The number of anilines is 1. The van der Waals surface area contributed by atoms with Gasteiger partial charge in [0.05, 0.1) is 10.6 Å². The van der Waals surface area contributed by atoms with Crippen molar-refractivity contribution in [3.63, 3.8) is 0 Å². The summed E-state index contributed by atoms with van der Waals surface area (Å²) in [5, 5.41) is 7.03. The van der Waals surface area contributed by atoms with Crippen molar-refractivity contribution in [2.75, 3.05) is 25.1 Å². The number of thiophene rings is 1. The van der Waals surface area contributed by atoms with E-state index in [-0.39, 0.29) is 12.5 Å². The topological polar surface area (TPSA) is 87.7 Å². The lowest BCUT2D eigenvalue weighted by atomic mass is 10.1. The highest BCUT2D eigenvalue weighted by Gasteiger charge is 2.32. The zero-order chi connectivity index (χ0) is 23.9. The van der Waals surface area contributed by atoms with E-state index in [1.165, 1.54) is 4.90 Å². The second-order valence-corrected chi connectivity index (χ2v) is 8.58. The van der Waals surface area contributed by atoms with Crippen LogP contribution in [-0.2, 0) is 20.8 Å². The van der Waals surface area contributed by atoms with Gasteiger partial charge in [0.1, 0.15) is 18.4 Å². The summed E-state index contributed by atoms with van der Waals surface area (Å²) in [6.07, 6.45) is 0.598. The Bertz CT molecular complexity index is 1250. The minimum atomic E-state index is -0.995. The van der Waals surface area contributed by atoms with E-state index in [4.69, 9.17) is 4.74 Å². The molecule has 0 unspecified atom stereocenters. The summed E-state index contributed by atoms with van der Waals surface area (Å²) < 4.78 is 5.77. The van der Waals surface area contributed by atoms with Crippen molar-refractivity contribution < 1.29 is 19.1 Å². The molecule has 1 aliphatic heterocycles. The number of rotatable bonds is 4. The molecule has 2 N–H and O–H groups in total. The zero-order valence-corrected chi connectivity index (χ0v) is 19.4. The number of amides is 3. The average molecular weight is 474 g/mol. The van der Waals surface area contributed by atoms with Crippen LogP contribution in [0.5, 0.6) is 5.75 Å². The van der Waals surface area contributed by atoms with Crippen LogP contribution in [0.4, 0.5) is 5.69 Å². The van der Waals surface area contributed by atoms with Gasteiger partial charge in [-0.1, -0.05) is 48.2 Å². The molecule has 2 aromatic carbocycles. The van der Waals surface area contributed by atoms with Gasteiger partial charge in [-0.3, -0.25) is 14.4 Å². The smallest absolute Gasteiger partial charge is 0.310 e. The summed E-state index contributed by atoms with van der Waals surface area (Å²) >= 11 is 1.55. The number of hydrogen-bond acceptors (Lipinski definition) is 5. The molecule has 0 saturated carbocycles. The number of hydrogen-bond donors (Lipinski definition) is 2. The van der Waals surface area contributed by atoms with Gasteiger partial charge in [0, 0.05) is 19.2 Å². The largest absolute Gasteiger partial charge is 0.489 e. The first-order valence-electron chi connectivity index (χ1n) is 10.7. The third kappa shape index (κ3) is 5.63. The molecule has 1 aliphatic rings. The molecule has 8 heteroatoms. The molecule has 0 aliphatic carbocycles. The number of ether oxygens (including phenoxy) is 1. The summed E-state index contributed by atoms with van der Waals surface area (Å²) in [6.45, 7) is 0.228. The Morgan fingerprint density at radius 1 is 1.09 bits per heavy atom. The third-order valence-electron chi connectivity index (χ3n) is 5.26. The Labute approximate surface area is 201 Å². The van der Waals surface area contributed by atoms with Gasteiger partial charge in [-0.25, -0.2) is 0 Å². The van der Waals surface area contributed by atoms with Crippen LogP contribution in [0.3, 0.4) is 0 Å². The van der Waals surface area contributed by atoms with E-state index in [0.29, 0.717) is 24.4 Å². The maximum Gasteiger partial charge on any atom is 0.310 e. The second-order valence-electron chi connectivity index (χ2n) is 7.64. The predicted molar refractivity (Wildman–Crippen MR) is 131 cm³/mol. The number of benzene rings is 2. The van der Waals surface area contributed by atoms with E-state index in [2.05, 4.69) is 22.5 Å². The molecule has 172 valence electrons. The first-order valence-corrected chi connectivity index (χ1v) is 11.6. The molecule has 3 aromatic rings. The first-order chi connectivity index (χ1) is 16.5. The minimum Gasteiger partial charge on any atom is -0.489 e. The molecule has 0 radical (unpaired) electrons. The number of fused-ring (bicyclic) bond motifs is 1. The highest BCUT2D eigenvalue weighted by atomic mass is 32.1. The summed E-state index contributed by atoms with van der Waals surface area (Å²) in [7, 11) is 1.60. The molecule has 0 bridgehead atoms. The van der Waals surface area contributed by atoms with Crippen LogP contribution in [0.2, 0.25) is 0 Å². The molecule has 3 amide bonds. The van der Waals surface area contributed by atoms with Crippen molar-refractivity contribution in [3.05, 3.63) is 82.0 Å². The summed E-state index contributed by atoms with van der Waals surface area (Å²) in [4.78, 5) is 39.9. The number of carbonyl (C=O) groups excluding carboxylic acids is 3. The zero-order valence-electron chi connectivity index (χ0n) is 18.5. The molecule has 1 atom stereocenters. The fraction of sp³-hybridized carbons (Fsp3) is 0.192. The molecule has 4 rings (SSSR count). The molecule has 0 saturated heterocycles. The molecule has 0 fully saturated rings. The number of carbonyl (C=O) groups is 3. The molecule has 0 spiro atoms. The Morgan fingerprint density at radius 3 is 2.68 bits per heavy atom. The number of nitrogens with zero attached hydrogens (tertiary/aromatic N) is 1. The lowest BCUT2D eigenvalue weighted by Gasteiger charge is -2.20. The Morgan fingerprint density at radius 2 is 1.91 bits per heavy atom. The van der Waals surface area contributed by atoms with Crippen molar-refractivity contribution >= 4 is 34.7 Å². The quantitative estimate of drug-likeness (QED) is 0.450. The van der Waals surface area contributed by atoms with Crippen LogP contribution in [0.1, 0.15) is 16.0 Å². The van der Waals surface area contributed by atoms with Crippen molar-refractivity contribution in [3.8, 4) is 17.6 Å². The van der Waals surface area contributed by atoms with Crippen molar-refractivity contribution in [1.82, 2.24) is 10.6 Å². The van der Waals surface area contributed by atoms with E-state index in [1.54, 1.807) is 30.5 Å². The van der Waals surface area contributed by atoms with E-state index in [1.807, 2.05) is 53.9 Å². The number of nitrogens with one attached hydrogen (secondary N) is 2. The molecule has 34 heavy (non-hydrogen) atoms. The average Bonchev–Trinajstić information content (AvgIpc) is 3.35. The van der Waals surface area contributed by atoms with Gasteiger partial charge < -0.3 is 20.3 Å². The van der Waals surface area contributed by atoms with E-state index >= 15 is 0 Å². The molecule has 1 aromatic heterocycles. The Kier molecular flexibility index (Phi) is 7.25. The van der Waals surface area contributed by atoms with Crippen molar-refractivity contribution in [2.45, 2.75) is 12.5 Å². The Balaban J connectivity index is 1.37. The highest BCUT2D eigenvalue weighted by molar-refractivity contribution is 7.10. The van der Waals surface area contributed by atoms with Gasteiger partial charge in [-0.15, -0.1) is 11.3 Å². The van der Waals surface area contributed by atoms with Crippen molar-refractivity contribution in [2.24, 2.45) is 0 Å². The van der Waals surface area contributed by atoms with Gasteiger partial charge in [0.2, 0.25) is 0 Å². The highest BCUT2D eigenvalue weighted by Crippen LogP contribution is 2.31. The van der Waals surface area contributed by atoms with E-state index in [0.717, 1.165) is 16.0 Å². The monoisotopic (exact) mass is 473 g/mol. The molecular weight excluding hydrogens is 450 g/mol. The van der Waals surface area contributed by atoms with E-state index < -0.39 is 17.9 Å². The van der Waals surface area contributed by atoms with Gasteiger partial charge in [-0.05, 0) is 41.6 Å². The predicted octanol–water partition coefficient (Wildman–Crippen LogP) is 2.35. The SMILES string of the molecule is CN1C(=O)[C@@H](NC(=O)C(=O)NCCc2ccccc2)COc2ccc(C#Cc3cccs3)cc21. The fourth-order valence-electron chi connectivity index (χ4n) is 3.43. The standard InChI is InChI=1S/C26H23N3O4S/c1-29-22-16-19(9-11-20-8-5-15-34-20)10-12-23(22)33-17-21(26(29)32)28-25(31)24(30)27-14-13-18-6-3-2-4-7-18/h2-8,10,12,15-16,21H,13-14,17H2,1H3,(H,27,30)(H,28,31)/t21-/m0/s1. The van der Waals surface area contributed by atoms with Crippen LogP contribution >= 0.6 is 11.3 Å². The lowest BCUT2D eigenvalue weighted by Crippen LogP contribution is -2.53. The van der Waals surface area contributed by atoms with Crippen LogP contribution in [0, 0.1) is 11.8 Å². The van der Waals surface area contributed by atoms with Crippen LogP contribution in [-0.4, -0.2) is 44.0 Å². The van der Waals surface area contributed by atoms with Crippen LogP contribution in [0.15, 0.2) is 66.0 Å². The van der Waals surface area contributed by atoms with E-state index in [9.17, 15) is 14.4 Å². The molecule has 2 heterocycles. The first kappa shape index (κ1) is 23.1. The lowest BCUT2D eigenvalue weighted by molar-refractivity contribution is -0.140. The van der Waals surface area contributed by atoms with Gasteiger partial charge in [0.25, 0.3) is 5.91 Å². The van der Waals surface area contributed by atoms with Gasteiger partial charge in [-0.2, -0.15) is 0 Å². The van der Waals surface area contributed by atoms with Crippen molar-refractivity contribution in [1.29, 1.82) is 0 Å². The third-order valence-corrected chi connectivity index (χ3v) is 6.04. The maximum atomic E-state index is 13.0. The molecular formula is C26H23N3O4S. The second kappa shape index (κ2) is 10.7. The van der Waals surface area contributed by atoms with Gasteiger partial charge >= 0.3 is 11.8 Å². The van der Waals surface area contributed by atoms with Crippen LogP contribution < -0.4 is 20.3 Å². The summed E-state index contributed by atoms with van der Waals surface area (Å²) in [5.74, 6) is 4.62. The fourth-order valence-corrected chi connectivity index (χ4v) is 4.00. The van der Waals surface area contributed by atoms with Gasteiger partial charge in [0.15, 0.2) is 0 Å². The summed E-state index contributed by atoms with van der Waals surface area (Å²) in [5.41, 5.74) is 2.33. The maximum absolute atomic E-state index is 13.0. The summed E-state index contributed by atoms with van der Waals surface area (Å²) in [6, 6.07) is 17.8. The normalized spacial score (nSPS) is 14.7.